The van der Waals surface area contributed by atoms with Gasteiger partial charge in [0.2, 0.25) is 0 Å². The molecule has 0 aromatic heterocycles. The first-order chi connectivity index (χ1) is 7.59. The number of nitrogens with two attached hydrogens (primary N) is 1. The van der Waals surface area contributed by atoms with Crippen molar-refractivity contribution in [2.75, 3.05) is 6.54 Å². The van der Waals surface area contributed by atoms with Gasteiger partial charge in [-0.2, -0.15) is 0 Å². The van der Waals surface area contributed by atoms with Gasteiger partial charge in [0.25, 0.3) is 0 Å². The Morgan fingerprint density at radius 2 is 2.12 bits per heavy atom. The average molecular weight is 366 g/mol. The number of rotatable bonds is 4. The van der Waals surface area contributed by atoms with Crippen LogP contribution in [0.5, 0.6) is 0 Å². The summed E-state index contributed by atoms with van der Waals surface area (Å²) >= 11 is 5.99. The van der Waals surface area contributed by atoms with Crippen LogP contribution in [0.2, 0.25) is 5.02 Å². The molecule has 1 aromatic rings. The molecule has 5 heteroatoms. The second-order valence-electron chi connectivity index (χ2n) is 3.60. The molecular weight excluding hydrogens is 349 g/mol. The molecule has 0 atom stereocenters. The Morgan fingerprint density at radius 1 is 1.47 bits per heavy atom. The highest BCUT2D eigenvalue weighted by molar-refractivity contribution is 14.0. The predicted molar refractivity (Wildman–Crippen MR) is 85.0 cm³/mol. The molecule has 0 unspecified atom stereocenters. The molecule has 1 rings (SSSR count). The maximum atomic E-state index is 5.99. The minimum absolute atomic E-state index is 0. The van der Waals surface area contributed by atoms with Crippen LogP contribution in [0.1, 0.15) is 12.5 Å². The Labute approximate surface area is 124 Å². The van der Waals surface area contributed by atoms with Crippen LogP contribution in [0.4, 0.5) is 0 Å². The number of aliphatic imine (C=N–C) groups is 1. The fourth-order valence-electron chi connectivity index (χ4n) is 1.09. The lowest BCUT2D eigenvalue weighted by Gasteiger charge is -2.05. The molecule has 0 amide bonds. The molecule has 0 aliphatic heterocycles. The summed E-state index contributed by atoms with van der Waals surface area (Å²) in [4.78, 5) is 4.18. The summed E-state index contributed by atoms with van der Waals surface area (Å²) in [6, 6.07) is 7.58. The highest BCUT2D eigenvalue weighted by Crippen LogP contribution is 2.15. The Morgan fingerprint density at radius 3 is 2.71 bits per heavy atom. The molecule has 3 N–H and O–H groups in total. The largest absolute Gasteiger partial charge is 0.370 e. The van der Waals surface area contributed by atoms with E-state index in [2.05, 4.69) is 16.9 Å². The number of halogens is 2. The van der Waals surface area contributed by atoms with Gasteiger partial charge in [0.05, 0.1) is 6.54 Å². The Kier molecular flexibility index (Phi) is 7.99. The lowest BCUT2D eigenvalue weighted by molar-refractivity contribution is 0.940. The summed E-state index contributed by atoms with van der Waals surface area (Å²) < 4.78 is 0. The first kappa shape index (κ1) is 16.2. The minimum Gasteiger partial charge on any atom is -0.370 e. The van der Waals surface area contributed by atoms with E-state index in [4.69, 9.17) is 17.3 Å². The van der Waals surface area contributed by atoms with Crippen LogP contribution < -0.4 is 11.1 Å². The number of benzene rings is 1. The molecule has 1 aromatic carbocycles. The van der Waals surface area contributed by atoms with Crippen molar-refractivity contribution in [3.63, 3.8) is 0 Å². The minimum atomic E-state index is 0. The van der Waals surface area contributed by atoms with Crippen molar-refractivity contribution in [2.45, 2.75) is 13.5 Å². The van der Waals surface area contributed by atoms with Crippen molar-refractivity contribution in [2.24, 2.45) is 10.7 Å². The SMILES string of the molecule is C=C(C)CNC(N)=NCc1ccccc1Cl.I. The van der Waals surface area contributed by atoms with Crippen molar-refractivity contribution >= 4 is 41.5 Å². The molecule has 0 fully saturated rings. The second kappa shape index (κ2) is 8.36. The van der Waals surface area contributed by atoms with Crippen molar-refractivity contribution in [1.82, 2.24) is 5.32 Å². The lowest BCUT2D eigenvalue weighted by atomic mass is 10.2. The molecule has 0 radical (unpaired) electrons. The summed E-state index contributed by atoms with van der Waals surface area (Å²) in [5, 5.41) is 3.66. The number of hydrogen-bond donors (Lipinski definition) is 2. The van der Waals surface area contributed by atoms with Crippen LogP contribution in [0.25, 0.3) is 0 Å². The molecule has 0 spiro atoms. The zero-order chi connectivity index (χ0) is 12.0. The van der Waals surface area contributed by atoms with Gasteiger partial charge in [-0.25, -0.2) is 4.99 Å². The molecule has 94 valence electrons. The van der Waals surface area contributed by atoms with Gasteiger partial charge in [-0.1, -0.05) is 42.0 Å². The number of hydrogen-bond acceptors (Lipinski definition) is 1. The Balaban J connectivity index is 0.00000256. The standard InChI is InChI=1S/C12H16ClN3.HI/c1-9(2)7-15-12(14)16-8-10-5-3-4-6-11(10)13;/h3-6H,1,7-8H2,2H3,(H3,14,15,16);1H. The van der Waals surface area contributed by atoms with Gasteiger partial charge in [0.1, 0.15) is 0 Å². The fourth-order valence-corrected chi connectivity index (χ4v) is 1.29. The van der Waals surface area contributed by atoms with E-state index in [1.165, 1.54) is 0 Å². The molecule has 0 aliphatic carbocycles. The molecular formula is C12H17ClIN3. The van der Waals surface area contributed by atoms with Gasteiger partial charge in [0, 0.05) is 11.6 Å². The Bertz CT molecular complexity index is 404. The zero-order valence-corrected chi connectivity index (χ0v) is 12.8. The Hall–Kier alpha value is -0.750. The van der Waals surface area contributed by atoms with E-state index in [1.807, 2.05) is 31.2 Å². The number of nitrogens with zero attached hydrogens (tertiary/aromatic N) is 1. The highest BCUT2D eigenvalue weighted by atomic mass is 127. The van der Waals surface area contributed by atoms with E-state index in [0.717, 1.165) is 11.1 Å². The first-order valence-electron chi connectivity index (χ1n) is 5.01. The lowest BCUT2D eigenvalue weighted by Crippen LogP contribution is -2.32. The summed E-state index contributed by atoms with van der Waals surface area (Å²) in [5.74, 6) is 0.405. The van der Waals surface area contributed by atoms with Crippen LogP contribution >= 0.6 is 35.6 Å². The summed E-state index contributed by atoms with van der Waals surface area (Å²) in [6.45, 7) is 6.81. The molecule has 17 heavy (non-hydrogen) atoms. The molecule has 0 aliphatic rings. The molecule has 0 bridgehead atoms. The van der Waals surface area contributed by atoms with Crippen LogP contribution in [-0.2, 0) is 6.54 Å². The smallest absolute Gasteiger partial charge is 0.189 e. The zero-order valence-electron chi connectivity index (χ0n) is 9.74. The van der Waals surface area contributed by atoms with E-state index < -0.39 is 0 Å². The van der Waals surface area contributed by atoms with Gasteiger partial charge in [-0.05, 0) is 18.6 Å². The average Bonchev–Trinajstić information content (AvgIpc) is 2.25. The van der Waals surface area contributed by atoms with Crippen molar-refractivity contribution in [1.29, 1.82) is 0 Å². The normalized spacial score (nSPS) is 10.6. The van der Waals surface area contributed by atoms with E-state index in [-0.39, 0.29) is 24.0 Å². The maximum Gasteiger partial charge on any atom is 0.189 e. The van der Waals surface area contributed by atoms with Crippen LogP contribution in [0.3, 0.4) is 0 Å². The monoisotopic (exact) mass is 365 g/mol. The highest BCUT2D eigenvalue weighted by Gasteiger charge is 1.97. The number of nitrogens with one attached hydrogen (secondary N) is 1. The van der Waals surface area contributed by atoms with Crippen LogP contribution in [0.15, 0.2) is 41.4 Å². The van der Waals surface area contributed by atoms with Crippen molar-refractivity contribution in [3.8, 4) is 0 Å². The third-order valence-electron chi connectivity index (χ3n) is 1.95. The van der Waals surface area contributed by atoms with Gasteiger partial charge in [-0.3, -0.25) is 0 Å². The van der Waals surface area contributed by atoms with E-state index in [9.17, 15) is 0 Å². The topological polar surface area (TPSA) is 50.4 Å². The molecule has 3 nitrogen and oxygen atoms in total. The van der Waals surface area contributed by atoms with Gasteiger partial charge in [0.15, 0.2) is 5.96 Å². The van der Waals surface area contributed by atoms with E-state index in [1.54, 1.807) is 0 Å². The predicted octanol–water partition coefficient (Wildman–Crippen LogP) is 2.94. The maximum absolute atomic E-state index is 5.99. The van der Waals surface area contributed by atoms with Gasteiger partial charge < -0.3 is 11.1 Å². The quantitative estimate of drug-likeness (QED) is 0.373. The third-order valence-corrected chi connectivity index (χ3v) is 2.32. The summed E-state index contributed by atoms with van der Waals surface area (Å²) in [7, 11) is 0. The summed E-state index contributed by atoms with van der Waals surface area (Å²) in [6.07, 6.45) is 0. The van der Waals surface area contributed by atoms with Crippen molar-refractivity contribution in [3.05, 3.63) is 47.0 Å². The van der Waals surface area contributed by atoms with E-state index in [0.29, 0.717) is 24.1 Å². The molecule has 0 saturated carbocycles. The van der Waals surface area contributed by atoms with Crippen LogP contribution in [-0.4, -0.2) is 12.5 Å². The van der Waals surface area contributed by atoms with Gasteiger partial charge >= 0.3 is 0 Å². The third kappa shape index (κ3) is 6.53. The molecule has 0 saturated heterocycles. The van der Waals surface area contributed by atoms with Gasteiger partial charge in [-0.15, -0.1) is 24.0 Å². The van der Waals surface area contributed by atoms with Crippen molar-refractivity contribution < 1.29 is 0 Å². The van der Waals surface area contributed by atoms with E-state index >= 15 is 0 Å². The fraction of sp³-hybridized carbons (Fsp3) is 0.250. The summed E-state index contributed by atoms with van der Waals surface area (Å²) in [5.41, 5.74) is 7.65. The number of guanidine groups is 1. The second-order valence-corrected chi connectivity index (χ2v) is 4.01. The van der Waals surface area contributed by atoms with Crippen LogP contribution in [0, 0.1) is 0 Å². The molecule has 0 heterocycles. The first-order valence-corrected chi connectivity index (χ1v) is 5.39.